The maximum absolute atomic E-state index is 7.83. The summed E-state index contributed by atoms with van der Waals surface area (Å²) < 4.78 is 13.1. The van der Waals surface area contributed by atoms with Crippen molar-refractivity contribution in [3.63, 3.8) is 0 Å². The molecule has 0 saturated carbocycles. The Labute approximate surface area is 558 Å². The van der Waals surface area contributed by atoms with Gasteiger partial charge >= 0.3 is 0 Å². The average molecular weight is 1070 g/mol. The molecule has 0 fully saturated rings. The first-order valence-electron chi connectivity index (χ1n) is 27.0. The van der Waals surface area contributed by atoms with E-state index < -0.39 is 5.41 Å². The highest BCUT2D eigenvalue weighted by Crippen LogP contribution is 2.53. The van der Waals surface area contributed by atoms with E-state index in [-0.39, 0.29) is 258 Å². The minimum Gasteiger partial charge on any atom is -0.457 e. The van der Waals surface area contributed by atoms with Crippen LogP contribution in [0.4, 0.5) is 17.1 Å². The zero-order valence-electron chi connectivity index (χ0n) is 47.6. The normalized spacial score (nSPS) is 13.7. The fourth-order valence-electron chi connectivity index (χ4n) is 13.4. The van der Waals surface area contributed by atoms with Crippen LogP contribution in [0.5, 0.6) is 0 Å². The molecule has 0 saturated heterocycles. The molecule has 90 heavy (non-hydrogen) atoms. The number of benzene rings is 10. The lowest BCUT2D eigenvalue weighted by Crippen LogP contribution is -2.61. The van der Waals surface area contributed by atoms with Gasteiger partial charge < -0.3 is 13.7 Å². The first-order chi connectivity index (χ1) is 42.3. The molecule has 56 radical (unpaired) electrons. The van der Waals surface area contributed by atoms with Crippen LogP contribution in [0, 0.1) is 0 Å². The van der Waals surface area contributed by atoms with Crippen LogP contribution in [0.3, 0.4) is 0 Å². The molecule has 31 heteroatoms. The standard InChI is InChI=1S/C59H9B28NO2/c60-16-2-1-14-26(35(16)70)29-32(43(78)47(82)46(81)42(29)77)59(14,33-44(79)48(83)50(85)49(84)45(33)80)15-7-20(64)36(71)30(34(15)69)28-25-13(6-19(63)38(73)40(25)75)53(51(86)41(28)76)88(10-3-11-12-5-18(62)39(74)52(87)56(12)89-55(11)23(67)4-10)54-22(66)8-17(61)27-31-37(72)21(65)9-24(68)57(31)90-58(27)54/h1-9H. The van der Waals surface area contributed by atoms with Crippen molar-refractivity contribution in [3.05, 3.63) is 76.9 Å². The summed E-state index contributed by atoms with van der Waals surface area (Å²) in [5.74, 6) is 0. The first-order valence-corrected chi connectivity index (χ1v) is 27.0. The molecule has 346 valence electrons. The highest BCUT2D eigenvalue weighted by atomic mass is 16.3. The molecule has 1 aliphatic carbocycles. The molecule has 3 nitrogen and oxygen atoms in total. The Kier molecular flexibility index (Phi) is 14.8. The van der Waals surface area contributed by atoms with Crippen LogP contribution in [0.15, 0.2) is 63.4 Å². The van der Waals surface area contributed by atoms with Gasteiger partial charge in [0.1, 0.15) is 236 Å². The number of hydrogen-bond donors (Lipinski definition) is 0. The van der Waals surface area contributed by atoms with Gasteiger partial charge in [0.2, 0.25) is 0 Å². The van der Waals surface area contributed by atoms with Gasteiger partial charge in [0.15, 0.2) is 5.58 Å². The van der Waals surface area contributed by atoms with Crippen molar-refractivity contribution >= 4 is 444 Å². The fourth-order valence-corrected chi connectivity index (χ4v) is 13.4. The third-order valence-electron chi connectivity index (χ3n) is 17.7. The molecular weight excluding hydrogens is 1060 g/mol. The SMILES string of the molecule is [B]c1ccc2c(c1[B])-c1c([B])c([B])c([B])c([B])c1C2(c1cc([B])c([B])c(-c2c([B])c([B])c(N(c3cc([B])c4oc5c([B])c([B])c([B])cc5c4c3)c3c([B])cc([B])c4c3oc3c([B])cc([B])c([B])c34)c3cc([B])c([B])c([B])c23)c1[B])c1c([B])c([B])c([B])c([B])c1[B]. The van der Waals surface area contributed by atoms with Crippen molar-refractivity contribution in [1.82, 2.24) is 0 Å². The first kappa shape index (κ1) is 62.5. The molecule has 13 rings (SSSR count). The monoisotopic (exact) mass is 1070 g/mol. The van der Waals surface area contributed by atoms with Crippen LogP contribution >= 0.6 is 0 Å². The summed E-state index contributed by atoms with van der Waals surface area (Å²) in [6, 6.07) is 13.9. The second-order valence-electron chi connectivity index (χ2n) is 22.5. The molecule has 0 spiro atoms. The minimum atomic E-state index is -2.09. The lowest BCUT2D eigenvalue weighted by Gasteiger charge is -2.43. The Bertz CT molecular complexity index is 5360. The van der Waals surface area contributed by atoms with E-state index in [9.17, 15) is 0 Å². The van der Waals surface area contributed by atoms with E-state index in [1.54, 1.807) is 29.2 Å². The summed E-state index contributed by atoms with van der Waals surface area (Å²) in [5, 5.41) is 1.43. The molecule has 0 bridgehead atoms. The molecule has 12 aromatic rings. The Hall–Kier alpha value is -6.32. The summed E-state index contributed by atoms with van der Waals surface area (Å²) in [4.78, 5) is 1.58. The van der Waals surface area contributed by atoms with E-state index >= 15 is 0 Å². The second-order valence-corrected chi connectivity index (χ2v) is 22.5. The van der Waals surface area contributed by atoms with Gasteiger partial charge in [-0.25, -0.2) is 0 Å². The van der Waals surface area contributed by atoms with Crippen molar-refractivity contribution in [1.29, 1.82) is 0 Å². The molecule has 2 heterocycles. The third kappa shape index (κ3) is 8.20. The van der Waals surface area contributed by atoms with Crippen molar-refractivity contribution < 1.29 is 8.83 Å². The van der Waals surface area contributed by atoms with Gasteiger partial charge in [0.05, 0.1) is 11.1 Å². The van der Waals surface area contributed by atoms with Gasteiger partial charge in [-0.1, -0.05) is 119 Å². The Morgan fingerprint density at radius 2 is 0.744 bits per heavy atom. The number of furan rings is 2. The van der Waals surface area contributed by atoms with Crippen LogP contribution in [-0.2, 0) is 5.41 Å². The van der Waals surface area contributed by atoms with Gasteiger partial charge in [-0.15, -0.1) is 76.5 Å². The Morgan fingerprint density at radius 3 is 1.39 bits per heavy atom. The van der Waals surface area contributed by atoms with E-state index in [4.69, 9.17) is 229 Å². The number of rotatable bonds is 6. The van der Waals surface area contributed by atoms with Crippen LogP contribution in [-0.4, -0.2) is 220 Å². The average Bonchev–Trinajstić information content (AvgIpc) is 1.45. The predicted molar refractivity (Wildman–Crippen MR) is 407 cm³/mol. The maximum atomic E-state index is 7.83. The van der Waals surface area contributed by atoms with E-state index in [1.165, 1.54) is 30.3 Å². The fraction of sp³-hybridized carbons (Fsp3) is 0.0169. The van der Waals surface area contributed by atoms with Gasteiger partial charge in [0.25, 0.3) is 0 Å². The number of fused-ring (bicyclic) bond motifs is 10. The van der Waals surface area contributed by atoms with Crippen molar-refractivity contribution in [2.45, 2.75) is 5.41 Å². The lowest BCUT2D eigenvalue weighted by molar-refractivity contribution is 0.672. The van der Waals surface area contributed by atoms with Crippen molar-refractivity contribution in [2.75, 3.05) is 4.90 Å². The lowest BCUT2D eigenvalue weighted by atomic mass is 9.50. The van der Waals surface area contributed by atoms with E-state index in [0.717, 1.165) is 0 Å². The summed E-state index contributed by atoms with van der Waals surface area (Å²) in [7, 11) is 195. The highest BCUT2D eigenvalue weighted by Gasteiger charge is 2.51. The highest BCUT2D eigenvalue weighted by molar-refractivity contribution is 6.71. The minimum absolute atomic E-state index is 0.00675. The number of nitrogens with zero attached hydrogens (tertiary/aromatic N) is 1. The molecule has 1 aliphatic rings. The predicted octanol–water partition coefficient (Wildman–Crippen LogP) is -17.6. The zero-order chi connectivity index (χ0) is 65.1. The van der Waals surface area contributed by atoms with Crippen LogP contribution in [0.25, 0.3) is 76.9 Å². The summed E-state index contributed by atoms with van der Waals surface area (Å²) >= 11 is 0. The second kappa shape index (κ2) is 21.4. The molecule has 10 aromatic carbocycles. The van der Waals surface area contributed by atoms with Crippen molar-refractivity contribution in [2.24, 2.45) is 0 Å². The topological polar surface area (TPSA) is 29.5 Å². The summed E-state index contributed by atoms with van der Waals surface area (Å²) in [5.41, 5.74) is -2.70. The maximum Gasteiger partial charge on any atom is 0.158 e. The number of hydrogen-bond acceptors (Lipinski definition) is 3. The molecule has 0 aliphatic heterocycles. The molecule has 2 aromatic heterocycles. The van der Waals surface area contributed by atoms with Crippen LogP contribution in [0.1, 0.15) is 22.3 Å². The molecule has 1 unspecified atom stereocenters. The Morgan fingerprint density at radius 1 is 0.244 bits per heavy atom. The smallest absolute Gasteiger partial charge is 0.158 e. The third-order valence-corrected chi connectivity index (χ3v) is 17.7. The van der Waals surface area contributed by atoms with Crippen molar-refractivity contribution in [3.8, 4) is 22.3 Å². The van der Waals surface area contributed by atoms with Gasteiger partial charge in [-0.05, 0) is 62.0 Å². The number of anilines is 3. The van der Waals surface area contributed by atoms with Crippen LogP contribution < -0.4 is 158 Å². The molecular formula is C59H9B28NO2. The quantitative estimate of drug-likeness (QED) is 0.155. The van der Waals surface area contributed by atoms with E-state index in [0.29, 0.717) is 10.8 Å². The molecule has 0 N–H and O–H groups in total. The molecule has 0 amide bonds. The largest absolute Gasteiger partial charge is 0.457 e. The van der Waals surface area contributed by atoms with Gasteiger partial charge in [-0.2, -0.15) is 0 Å². The van der Waals surface area contributed by atoms with Gasteiger partial charge in [0, 0.05) is 38.3 Å². The summed E-state index contributed by atoms with van der Waals surface area (Å²) in [6.45, 7) is 0. The zero-order valence-corrected chi connectivity index (χ0v) is 47.6. The Balaban J connectivity index is 1.23. The van der Waals surface area contributed by atoms with E-state index in [2.05, 4.69) is 0 Å². The van der Waals surface area contributed by atoms with Crippen LogP contribution in [0.2, 0.25) is 0 Å². The van der Waals surface area contributed by atoms with E-state index in [1.807, 2.05) is 0 Å². The molecule has 1 atom stereocenters. The summed E-state index contributed by atoms with van der Waals surface area (Å²) in [6.07, 6.45) is 0. The van der Waals surface area contributed by atoms with Gasteiger partial charge in [-0.3, -0.25) is 0 Å².